The van der Waals surface area contributed by atoms with Gasteiger partial charge < -0.3 is 10.4 Å². The van der Waals surface area contributed by atoms with Crippen LogP contribution < -0.4 is 5.32 Å². The van der Waals surface area contributed by atoms with Gasteiger partial charge in [-0.05, 0) is 18.9 Å². The predicted octanol–water partition coefficient (Wildman–Crippen LogP) is 2.04. The molecule has 0 amide bonds. The Morgan fingerprint density at radius 3 is 2.53 bits per heavy atom. The molecule has 0 aliphatic rings. The first kappa shape index (κ1) is 13.7. The molecule has 0 bridgehead atoms. The number of aliphatic hydroxyl groups is 1. The Hall–Kier alpha value is -1.37. The quantitative estimate of drug-likeness (QED) is 0.789. The summed E-state index contributed by atoms with van der Waals surface area (Å²) in [4.78, 5) is 0. The van der Waals surface area contributed by atoms with Gasteiger partial charge in [0.2, 0.25) is 0 Å². The van der Waals surface area contributed by atoms with Gasteiger partial charge in [-0.15, -0.1) is 0 Å². The highest BCUT2D eigenvalue weighted by Crippen LogP contribution is 2.16. The Bertz CT molecular complexity index is 366. The Balaban J connectivity index is 2.64. The van der Waals surface area contributed by atoms with Gasteiger partial charge in [-0.25, -0.2) is 0 Å². The summed E-state index contributed by atoms with van der Waals surface area (Å²) in [6, 6.07) is 12.0. The highest BCUT2D eigenvalue weighted by Gasteiger charge is 2.22. The molecular formula is C14H20N2O. The zero-order valence-electron chi connectivity index (χ0n) is 10.5. The SMILES string of the molecule is CCC(C)(CO)NCC(C#N)c1ccccc1. The fourth-order valence-electron chi connectivity index (χ4n) is 1.56. The number of hydrogen-bond acceptors (Lipinski definition) is 3. The highest BCUT2D eigenvalue weighted by molar-refractivity contribution is 5.25. The lowest BCUT2D eigenvalue weighted by Crippen LogP contribution is -2.46. The second kappa shape index (κ2) is 6.39. The smallest absolute Gasteiger partial charge is 0.0837 e. The Labute approximate surface area is 103 Å². The maximum Gasteiger partial charge on any atom is 0.0837 e. The molecule has 2 atom stereocenters. The van der Waals surface area contributed by atoms with Crippen molar-refractivity contribution in [2.24, 2.45) is 0 Å². The molecule has 0 radical (unpaired) electrons. The molecule has 0 saturated carbocycles. The summed E-state index contributed by atoms with van der Waals surface area (Å²) < 4.78 is 0. The maximum atomic E-state index is 9.30. The largest absolute Gasteiger partial charge is 0.394 e. The van der Waals surface area contributed by atoms with Gasteiger partial charge in [0.25, 0.3) is 0 Å². The summed E-state index contributed by atoms with van der Waals surface area (Å²) in [6.45, 7) is 4.63. The first-order valence-electron chi connectivity index (χ1n) is 5.95. The molecule has 0 spiro atoms. The minimum absolute atomic E-state index is 0.0798. The van der Waals surface area contributed by atoms with Gasteiger partial charge in [-0.1, -0.05) is 37.3 Å². The molecule has 1 aromatic carbocycles. The second-order valence-electron chi connectivity index (χ2n) is 4.55. The van der Waals surface area contributed by atoms with Crippen LogP contribution in [0.15, 0.2) is 30.3 Å². The number of nitrogens with zero attached hydrogens (tertiary/aromatic N) is 1. The Kier molecular flexibility index (Phi) is 5.14. The number of rotatable bonds is 6. The van der Waals surface area contributed by atoms with E-state index in [9.17, 15) is 5.11 Å². The molecule has 0 saturated heterocycles. The van der Waals surface area contributed by atoms with Gasteiger partial charge in [-0.2, -0.15) is 5.26 Å². The minimum atomic E-state index is -0.302. The molecule has 3 heteroatoms. The lowest BCUT2D eigenvalue weighted by atomic mass is 9.96. The van der Waals surface area contributed by atoms with Crippen molar-refractivity contribution in [2.75, 3.05) is 13.2 Å². The molecule has 17 heavy (non-hydrogen) atoms. The summed E-state index contributed by atoms with van der Waals surface area (Å²) >= 11 is 0. The molecule has 0 aromatic heterocycles. The normalized spacial score (nSPS) is 15.9. The standard InChI is InChI=1S/C14H20N2O/c1-3-14(2,11-17)16-10-13(9-15)12-7-5-4-6-8-12/h4-8,13,16-17H,3,10-11H2,1-2H3. The van der Waals surface area contributed by atoms with Crippen molar-refractivity contribution in [3.05, 3.63) is 35.9 Å². The molecule has 0 aliphatic carbocycles. The molecule has 3 nitrogen and oxygen atoms in total. The van der Waals surface area contributed by atoms with Crippen molar-refractivity contribution in [3.8, 4) is 6.07 Å². The van der Waals surface area contributed by atoms with Crippen molar-refractivity contribution in [3.63, 3.8) is 0 Å². The average molecular weight is 232 g/mol. The molecule has 0 fully saturated rings. The summed E-state index contributed by atoms with van der Waals surface area (Å²) in [5, 5.41) is 21.7. The number of benzene rings is 1. The van der Waals surface area contributed by atoms with Crippen molar-refractivity contribution in [1.29, 1.82) is 5.26 Å². The van der Waals surface area contributed by atoms with Crippen LogP contribution in [0.4, 0.5) is 0 Å². The number of nitriles is 1. The molecule has 2 N–H and O–H groups in total. The fraction of sp³-hybridized carbons (Fsp3) is 0.500. The van der Waals surface area contributed by atoms with Crippen LogP contribution in [0.1, 0.15) is 31.7 Å². The third kappa shape index (κ3) is 3.85. The molecule has 1 rings (SSSR count). The zero-order valence-corrected chi connectivity index (χ0v) is 10.5. The zero-order chi connectivity index (χ0) is 12.7. The molecule has 0 heterocycles. The highest BCUT2D eigenvalue weighted by atomic mass is 16.3. The third-order valence-corrected chi connectivity index (χ3v) is 3.22. The van der Waals surface area contributed by atoms with Crippen LogP contribution in [0.3, 0.4) is 0 Å². The van der Waals surface area contributed by atoms with Crippen molar-refractivity contribution in [1.82, 2.24) is 5.32 Å². The van der Waals surface area contributed by atoms with E-state index < -0.39 is 0 Å². The van der Waals surface area contributed by atoms with E-state index in [4.69, 9.17) is 5.26 Å². The molecule has 0 aliphatic heterocycles. The van der Waals surface area contributed by atoms with Crippen LogP contribution in [0.25, 0.3) is 0 Å². The van der Waals surface area contributed by atoms with Gasteiger partial charge in [-0.3, -0.25) is 0 Å². The van der Waals surface area contributed by atoms with Crippen LogP contribution in [0, 0.1) is 11.3 Å². The first-order valence-corrected chi connectivity index (χ1v) is 5.95. The van der Waals surface area contributed by atoms with E-state index in [0.29, 0.717) is 6.54 Å². The number of aliphatic hydroxyl groups excluding tert-OH is 1. The van der Waals surface area contributed by atoms with Gasteiger partial charge in [0, 0.05) is 12.1 Å². The monoisotopic (exact) mass is 232 g/mol. The first-order chi connectivity index (χ1) is 8.15. The predicted molar refractivity (Wildman–Crippen MR) is 68.6 cm³/mol. The third-order valence-electron chi connectivity index (χ3n) is 3.22. The van der Waals surface area contributed by atoms with E-state index in [2.05, 4.69) is 11.4 Å². The maximum absolute atomic E-state index is 9.30. The van der Waals surface area contributed by atoms with Crippen molar-refractivity contribution < 1.29 is 5.11 Å². The van der Waals surface area contributed by atoms with Gasteiger partial charge in [0.1, 0.15) is 0 Å². The summed E-state index contributed by atoms with van der Waals surface area (Å²) in [6.07, 6.45) is 0.830. The van der Waals surface area contributed by atoms with Crippen LogP contribution >= 0.6 is 0 Å². The van der Waals surface area contributed by atoms with E-state index in [1.807, 2.05) is 44.2 Å². The van der Waals surface area contributed by atoms with Gasteiger partial charge in [0.15, 0.2) is 0 Å². The van der Waals surface area contributed by atoms with E-state index >= 15 is 0 Å². The van der Waals surface area contributed by atoms with Crippen LogP contribution in [0.5, 0.6) is 0 Å². The lowest BCUT2D eigenvalue weighted by molar-refractivity contribution is 0.170. The molecule has 2 unspecified atom stereocenters. The van der Waals surface area contributed by atoms with Crippen LogP contribution in [-0.4, -0.2) is 23.8 Å². The molecular weight excluding hydrogens is 212 g/mol. The topological polar surface area (TPSA) is 56.0 Å². The number of nitrogens with one attached hydrogen (secondary N) is 1. The molecule has 1 aromatic rings. The second-order valence-corrected chi connectivity index (χ2v) is 4.55. The average Bonchev–Trinajstić information content (AvgIpc) is 2.40. The summed E-state index contributed by atoms with van der Waals surface area (Å²) in [5.41, 5.74) is 0.711. The van der Waals surface area contributed by atoms with Gasteiger partial charge >= 0.3 is 0 Å². The Morgan fingerprint density at radius 1 is 1.41 bits per heavy atom. The summed E-state index contributed by atoms with van der Waals surface area (Å²) in [7, 11) is 0. The van der Waals surface area contributed by atoms with Crippen LogP contribution in [-0.2, 0) is 0 Å². The van der Waals surface area contributed by atoms with Gasteiger partial charge in [0.05, 0.1) is 18.6 Å². The minimum Gasteiger partial charge on any atom is -0.394 e. The van der Waals surface area contributed by atoms with Crippen molar-refractivity contribution in [2.45, 2.75) is 31.7 Å². The Morgan fingerprint density at radius 2 is 2.06 bits per heavy atom. The van der Waals surface area contributed by atoms with E-state index in [0.717, 1.165) is 12.0 Å². The van der Waals surface area contributed by atoms with Crippen molar-refractivity contribution >= 4 is 0 Å². The van der Waals surface area contributed by atoms with E-state index in [1.165, 1.54) is 0 Å². The number of hydrogen-bond donors (Lipinski definition) is 2. The van der Waals surface area contributed by atoms with E-state index in [1.54, 1.807) is 0 Å². The molecule has 92 valence electrons. The van der Waals surface area contributed by atoms with E-state index in [-0.39, 0.29) is 18.1 Å². The summed E-state index contributed by atoms with van der Waals surface area (Å²) in [5.74, 6) is -0.173. The lowest BCUT2D eigenvalue weighted by Gasteiger charge is -2.28. The fourth-order valence-corrected chi connectivity index (χ4v) is 1.56. The van der Waals surface area contributed by atoms with Crippen LogP contribution in [0.2, 0.25) is 0 Å².